The van der Waals surface area contributed by atoms with Crippen molar-refractivity contribution in [1.29, 1.82) is 0 Å². The Bertz CT molecular complexity index is 1170. The van der Waals surface area contributed by atoms with Crippen molar-refractivity contribution in [3.63, 3.8) is 0 Å². The van der Waals surface area contributed by atoms with Crippen molar-refractivity contribution in [1.82, 2.24) is 4.90 Å². The zero-order valence-corrected chi connectivity index (χ0v) is 23.3. The quantitative estimate of drug-likeness (QED) is 0.287. The molecule has 1 saturated heterocycles. The number of aryl methyl sites for hydroxylation is 1. The van der Waals surface area contributed by atoms with E-state index in [-0.39, 0.29) is 11.8 Å². The topological polar surface area (TPSA) is 44.8 Å². The minimum absolute atomic E-state index is 0.117. The zero-order valence-electron chi connectivity index (χ0n) is 22.5. The molecular formula is C31H39N3O2S. The van der Waals surface area contributed by atoms with Crippen LogP contribution in [0.15, 0.2) is 71.6 Å². The Balaban J connectivity index is 1.42. The van der Waals surface area contributed by atoms with Crippen molar-refractivity contribution < 1.29 is 9.53 Å². The molecule has 3 aromatic rings. The number of nitrogens with zero attached hydrogens (tertiary/aromatic N) is 2. The van der Waals surface area contributed by atoms with Crippen LogP contribution in [0.4, 0.5) is 11.4 Å². The van der Waals surface area contributed by atoms with Crippen molar-refractivity contribution >= 4 is 29.2 Å². The van der Waals surface area contributed by atoms with E-state index in [0.717, 1.165) is 52.7 Å². The molecule has 0 aliphatic carbocycles. The van der Waals surface area contributed by atoms with Crippen LogP contribution in [0, 0.1) is 0 Å². The summed E-state index contributed by atoms with van der Waals surface area (Å²) in [6, 6.07) is 23.0. The predicted molar refractivity (Wildman–Crippen MR) is 156 cm³/mol. The van der Waals surface area contributed by atoms with Crippen LogP contribution in [-0.4, -0.2) is 44.1 Å². The maximum absolute atomic E-state index is 13.7. The Kier molecular flexibility index (Phi) is 9.40. The molecule has 0 unspecified atom stereocenters. The highest BCUT2D eigenvalue weighted by atomic mass is 32.2. The molecule has 1 aliphatic rings. The molecule has 1 heterocycles. The number of ether oxygens (including phenoxy) is 1. The van der Waals surface area contributed by atoms with E-state index in [2.05, 4.69) is 78.9 Å². The molecule has 1 aliphatic heterocycles. The number of nitrogens with one attached hydrogen (secondary N) is 1. The second-order valence-electron chi connectivity index (χ2n) is 9.86. The average molecular weight is 518 g/mol. The van der Waals surface area contributed by atoms with Crippen LogP contribution < -0.4 is 14.4 Å². The van der Waals surface area contributed by atoms with Crippen LogP contribution in [-0.2, 0) is 6.42 Å². The van der Waals surface area contributed by atoms with Crippen LogP contribution in [0.3, 0.4) is 0 Å². The summed E-state index contributed by atoms with van der Waals surface area (Å²) in [5.41, 5.74) is 5.43. The maximum atomic E-state index is 13.7. The molecule has 0 atom stereocenters. The molecule has 0 radical (unpaired) electrons. The molecule has 196 valence electrons. The fourth-order valence-corrected chi connectivity index (χ4v) is 5.42. The number of hydrogen-bond donors (Lipinski definition) is 1. The summed E-state index contributed by atoms with van der Waals surface area (Å²) >= 11 is 1.55. The molecular weight excluding hydrogens is 478 g/mol. The molecule has 1 N–H and O–H groups in total. The lowest BCUT2D eigenvalue weighted by Crippen LogP contribution is -2.49. The number of methoxy groups -OCH3 is 1. The predicted octanol–water partition coefficient (Wildman–Crippen LogP) is 7.24. The number of amides is 1. The molecule has 3 aromatic carbocycles. The monoisotopic (exact) mass is 517 g/mol. The van der Waals surface area contributed by atoms with Crippen LogP contribution >= 0.6 is 11.9 Å². The van der Waals surface area contributed by atoms with Gasteiger partial charge in [-0.1, -0.05) is 57.5 Å². The van der Waals surface area contributed by atoms with Crippen LogP contribution in [0.2, 0.25) is 0 Å². The number of hydrogen-bond acceptors (Lipinski definition) is 5. The Hall–Kier alpha value is -3.12. The highest BCUT2D eigenvalue weighted by Crippen LogP contribution is 2.31. The van der Waals surface area contributed by atoms with Crippen LogP contribution in [0.5, 0.6) is 5.75 Å². The highest BCUT2D eigenvalue weighted by molar-refractivity contribution is 8.00. The van der Waals surface area contributed by atoms with Gasteiger partial charge in [-0.15, -0.1) is 0 Å². The van der Waals surface area contributed by atoms with Crippen molar-refractivity contribution in [3.05, 3.63) is 83.4 Å². The molecule has 1 amide bonds. The lowest BCUT2D eigenvalue weighted by atomic mass is 9.96. The third-order valence-corrected chi connectivity index (χ3v) is 7.76. The van der Waals surface area contributed by atoms with Gasteiger partial charge in [-0.05, 0) is 78.2 Å². The number of rotatable bonds is 10. The van der Waals surface area contributed by atoms with Gasteiger partial charge in [0.25, 0.3) is 5.91 Å². The van der Waals surface area contributed by atoms with Gasteiger partial charge in [0.1, 0.15) is 5.75 Å². The Morgan fingerprint density at radius 3 is 2.41 bits per heavy atom. The second kappa shape index (κ2) is 12.9. The maximum Gasteiger partial charge on any atom is 0.254 e. The summed E-state index contributed by atoms with van der Waals surface area (Å²) in [5, 5.41) is 0. The number of piperazine rings is 1. The molecule has 0 saturated carbocycles. The molecule has 0 spiro atoms. The van der Waals surface area contributed by atoms with Gasteiger partial charge in [0, 0.05) is 42.3 Å². The Morgan fingerprint density at radius 2 is 1.73 bits per heavy atom. The zero-order chi connectivity index (χ0) is 26.2. The number of unbranched alkanes of at least 4 members (excludes halogenated alkanes) is 1. The minimum atomic E-state index is 0.117. The first-order chi connectivity index (χ1) is 18.0. The standard InChI is InChI=1S/C31H39N3O2S/c1-5-6-9-24-12-14-25(15-13-24)32-37-26-16-17-27(23(2)3)28(22-26)31(35)34-20-18-33(19-21-34)29-10-7-8-11-30(29)36-4/h7-8,10-17,22-23,32H,5-6,9,18-21H2,1-4H3. The first-order valence-electron chi connectivity index (χ1n) is 13.3. The fourth-order valence-electron chi connectivity index (χ4n) is 4.74. The van der Waals surface area contributed by atoms with Gasteiger partial charge in [0.2, 0.25) is 0 Å². The number of anilines is 2. The molecule has 0 bridgehead atoms. The van der Waals surface area contributed by atoms with E-state index in [9.17, 15) is 4.79 Å². The third-order valence-electron chi connectivity index (χ3n) is 6.93. The van der Waals surface area contributed by atoms with E-state index in [1.165, 1.54) is 18.4 Å². The fraction of sp³-hybridized carbons (Fsp3) is 0.387. The first-order valence-corrected chi connectivity index (χ1v) is 14.1. The van der Waals surface area contributed by atoms with Gasteiger partial charge in [-0.25, -0.2) is 0 Å². The number of para-hydroxylation sites is 2. The van der Waals surface area contributed by atoms with E-state index >= 15 is 0 Å². The van der Waals surface area contributed by atoms with E-state index in [4.69, 9.17) is 4.74 Å². The lowest BCUT2D eigenvalue weighted by molar-refractivity contribution is 0.0745. The Labute approximate surface area is 226 Å². The van der Waals surface area contributed by atoms with Gasteiger partial charge in [0.15, 0.2) is 0 Å². The van der Waals surface area contributed by atoms with E-state index in [1.807, 2.05) is 23.1 Å². The largest absolute Gasteiger partial charge is 0.495 e. The van der Waals surface area contributed by atoms with E-state index < -0.39 is 0 Å². The molecule has 37 heavy (non-hydrogen) atoms. The lowest BCUT2D eigenvalue weighted by Gasteiger charge is -2.37. The average Bonchev–Trinajstić information content (AvgIpc) is 2.95. The summed E-state index contributed by atoms with van der Waals surface area (Å²) in [6.45, 7) is 9.47. The van der Waals surface area contributed by atoms with E-state index in [1.54, 1.807) is 19.1 Å². The number of carbonyl (C=O) groups excluding carboxylic acids is 1. The van der Waals surface area contributed by atoms with Crippen LogP contribution in [0.1, 0.15) is 61.0 Å². The summed E-state index contributed by atoms with van der Waals surface area (Å²) in [7, 11) is 1.70. The molecule has 4 rings (SSSR count). The van der Waals surface area contributed by atoms with Gasteiger partial charge >= 0.3 is 0 Å². The molecule has 5 nitrogen and oxygen atoms in total. The van der Waals surface area contributed by atoms with Crippen LogP contribution in [0.25, 0.3) is 0 Å². The van der Waals surface area contributed by atoms with E-state index in [0.29, 0.717) is 13.1 Å². The molecule has 0 aromatic heterocycles. The van der Waals surface area contributed by atoms with Crippen molar-refractivity contribution in [3.8, 4) is 5.75 Å². The van der Waals surface area contributed by atoms with Gasteiger partial charge in [0.05, 0.1) is 12.8 Å². The third kappa shape index (κ3) is 6.80. The summed E-state index contributed by atoms with van der Waals surface area (Å²) in [5.74, 6) is 1.26. The SMILES string of the molecule is CCCCc1ccc(NSc2ccc(C(C)C)c(C(=O)N3CCN(c4ccccc4OC)CC3)c2)cc1. The normalized spacial score (nSPS) is 13.6. The number of benzene rings is 3. The van der Waals surface area contributed by atoms with Gasteiger partial charge in [-0.3, -0.25) is 4.79 Å². The smallest absolute Gasteiger partial charge is 0.254 e. The first kappa shape index (κ1) is 26.9. The summed E-state index contributed by atoms with van der Waals surface area (Å²) in [6.07, 6.45) is 3.55. The van der Waals surface area contributed by atoms with Crippen molar-refractivity contribution in [2.75, 3.05) is 42.9 Å². The summed E-state index contributed by atoms with van der Waals surface area (Å²) in [4.78, 5) is 19.0. The van der Waals surface area contributed by atoms with Crippen molar-refractivity contribution in [2.45, 2.75) is 50.8 Å². The Morgan fingerprint density at radius 1 is 1.00 bits per heavy atom. The molecule has 1 fully saturated rings. The number of carbonyl (C=O) groups is 1. The molecule has 6 heteroatoms. The second-order valence-corrected chi connectivity index (χ2v) is 10.7. The van der Waals surface area contributed by atoms with Crippen molar-refractivity contribution in [2.24, 2.45) is 0 Å². The van der Waals surface area contributed by atoms with Gasteiger partial charge < -0.3 is 19.3 Å². The minimum Gasteiger partial charge on any atom is -0.495 e. The van der Waals surface area contributed by atoms with Gasteiger partial charge in [-0.2, -0.15) is 0 Å². The highest BCUT2D eigenvalue weighted by Gasteiger charge is 2.26. The summed E-state index contributed by atoms with van der Waals surface area (Å²) < 4.78 is 8.99.